The van der Waals surface area contributed by atoms with Crippen molar-refractivity contribution >= 4 is 10.1 Å². The molecule has 0 spiro atoms. The van der Waals surface area contributed by atoms with Gasteiger partial charge in [-0.2, -0.15) is 8.42 Å². The highest BCUT2D eigenvalue weighted by Gasteiger charge is 2.02. The van der Waals surface area contributed by atoms with Crippen LogP contribution in [0.25, 0.3) is 0 Å². The van der Waals surface area contributed by atoms with Crippen molar-refractivity contribution < 1.29 is 13.0 Å². The fourth-order valence-corrected chi connectivity index (χ4v) is 2.41. The normalized spacial score (nSPS) is 11.9. The molecule has 0 radical (unpaired) electrons. The van der Waals surface area contributed by atoms with E-state index >= 15 is 0 Å². The third-order valence-electron chi connectivity index (χ3n) is 2.86. The molecule has 17 heavy (non-hydrogen) atoms. The van der Waals surface area contributed by atoms with E-state index in [1.807, 2.05) is 0 Å². The Morgan fingerprint density at radius 2 is 1.06 bits per heavy atom. The maximum absolute atomic E-state index is 10.4. The zero-order chi connectivity index (χ0) is 13.0. The lowest BCUT2D eigenvalue weighted by Gasteiger charge is -2.01. The van der Waals surface area contributed by atoms with Gasteiger partial charge < -0.3 is 5.73 Å². The first kappa shape index (κ1) is 16.9. The van der Waals surface area contributed by atoms with E-state index in [-0.39, 0.29) is 5.75 Å². The van der Waals surface area contributed by atoms with Crippen LogP contribution in [0.4, 0.5) is 0 Å². The van der Waals surface area contributed by atoms with Crippen molar-refractivity contribution in [3.8, 4) is 0 Å². The van der Waals surface area contributed by atoms with E-state index < -0.39 is 10.1 Å². The van der Waals surface area contributed by atoms with Crippen molar-refractivity contribution in [3.05, 3.63) is 0 Å². The number of unbranched alkanes of at least 4 members (excludes halogenated alkanes) is 9. The van der Waals surface area contributed by atoms with Gasteiger partial charge in [-0.1, -0.05) is 51.4 Å². The van der Waals surface area contributed by atoms with Crippen LogP contribution >= 0.6 is 0 Å². The lowest BCUT2D eigenvalue weighted by atomic mass is 10.1. The first-order valence-corrected chi connectivity index (χ1v) is 8.32. The van der Waals surface area contributed by atoms with Crippen molar-refractivity contribution in [1.82, 2.24) is 0 Å². The van der Waals surface area contributed by atoms with E-state index in [0.717, 1.165) is 25.8 Å². The Kier molecular flexibility index (Phi) is 10.9. The highest BCUT2D eigenvalue weighted by Crippen LogP contribution is 2.10. The molecule has 0 aromatic carbocycles. The molecule has 0 bridgehead atoms. The summed E-state index contributed by atoms with van der Waals surface area (Å²) in [4.78, 5) is 0. The summed E-state index contributed by atoms with van der Waals surface area (Å²) in [6.45, 7) is 0.799. The molecular weight excluding hydrogens is 238 g/mol. The SMILES string of the molecule is NCCCCCCCCCCCCS(=O)(=O)O. The first-order chi connectivity index (χ1) is 8.06. The summed E-state index contributed by atoms with van der Waals surface area (Å²) >= 11 is 0. The summed E-state index contributed by atoms with van der Waals surface area (Å²) < 4.78 is 29.4. The minimum Gasteiger partial charge on any atom is -0.330 e. The van der Waals surface area contributed by atoms with Gasteiger partial charge in [0, 0.05) is 0 Å². The summed E-state index contributed by atoms with van der Waals surface area (Å²) in [6, 6.07) is 0. The summed E-state index contributed by atoms with van der Waals surface area (Å²) in [5.41, 5.74) is 5.41. The van der Waals surface area contributed by atoms with Crippen LogP contribution in [0.1, 0.15) is 64.2 Å². The molecule has 0 aliphatic rings. The number of hydrogen-bond acceptors (Lipinski definition) is 3. The van der Waals surface area contributed by atoms with Gasteiger partial charge in [-0.25, -0.2) is 0 Å². The van der Waals surface area contributed by atoms with Gasteiger partial charge >= 0.3 is 0 Å². The molecule has 0 aromatic heterocycles. The number of rotatable bonds is 12. The van der Waals surface area contributed by atoms with E-state index in [1.165, 1.54) is 38.5 Å². The third-order valence-corrected chi connectivity index (χ3v) is 3.66. The van der Waals surface area contributed by atoms with Crippen LogP contribution < -0.4 is 5.73 Å². The minimum absolute atomic E-state index is 0.0912. The van der Waals surface area contributed by atoms with Crippen LogP contribution in [0.5, 0.6) is 0 Å². The predicted molar refractivity (Wildman–Crippen MR) is 71.6 cm³/mol. The Hall–Kier alpha value is -0.130. The maximum atomic E-state index is 10.4. The van der Waals surface area contributed by atoms with Gasteiger partial charge in [0.1, 0.15) is 0 Å². The molecule has 4 nitrogen and oxygen atoms in total. The van der Waals surface area contributed by atoms with Crippen molar-refractivity contribution in [2.75, 3.05) is 12.3 Å². The van der Waals surface area contributed by atoms with Crippen LogP contribution in [0.15, 0.2) is 0 Å². The summed E-state index contributed by atoms with van der Waals surface area (Å²) in [5.74, 6) is -0.0912. The van der Waals surface area contributed by atoms with Crippen molar-refractivity contribution in [2.45, 2.75) is 64.2 Å². The van der Waals surface area contributed by atoms with Gasteiger partial charge in [0.2, 0.25) is 0 Å². The molecular formula is C12H27NO3S. The summed E-state index contributed by atoms with van der Waals surface area (Å²) in [5, 5.41) is 0. The fourth-order valence-electron chi connectivity index (χ4n) is 1.84. The van der Waals surface area contributed by atoms with Crippen LogP contribution in [0, 0.1) is 0 Å². The van der Waals surface area contributed by atoms with E-state index in [1.54, 1.807) is 0 Å². The molecule has 0 aliphatic carbocycles. The van der Waals surface area contributed by atoms with E-state index in [0.29, 0.717) is 6.42 Å². The highest BCUT2D eigenvalue weighted by molar-refractivity contribution is 7.85. The van der Waals surface area contributed by atoms with Gasteiger partial charge in [-0.3, -0.25) is 4.55 Å². The zero-order valence-electron chi connectivity index (χ0n) is 10.7. The topological polar surface area (TPSA) is 80.4 Å². The van der Waals surface area contributed by atoms with Crippen LogP contribution in [0.2, 0.25) is 0 Å². The predicted octanol–water partition coefficient (Wildman–Crippen LogP) is 2.73. The zero-order valence-corrected chi connectivity index (χ0v) is 11.6. The Morgan fingerprint density at radius 3 is 1.41 bits per heavy atom. The number of nitrogens with two attached hydrogens (primary N) is 1. The molecule has 0 amide bonds. The molecule has 0 aliphatic heterocycles. The molecule has 0 heterocycles. The molecule has 0 saturated heterocycles. The molecule has 104 valence electrons. The maximum Gasteiger partial charge on any atom is 0.264 e. The monoisotopic (exact) mass is 265 g/mol. The smallest absolute Gasteiger partial charge is 0.264 e. The van der Waals surface area contributed by atoms with E-state index in [2.05, 4.69) is 0 Å². The second kappa shape index (κ2) is 11.0. The Balaban J connectivity index is 3.04. The Bertz CT molecular complexity index is 252. The van der Waals surface area contributed by atoms with Crippen molar-refractivity contribution in [1.29, 1.82) is 0 Å². The second-order valence-corrected chi connectivity index (χ2v) is 6.18. The Labute approximate surface area is 106 Å². The van der Waals surface area contributed by atoms with Crippen molar-refractivity contribution in [2.24, 2.45) is 5.73 Å². The van der Waals surface area contributed by atoms with Crippen LogP contribution in [0.3, 0.4) is 0 Å². The van der Waals surface area contributed by atoms with Crippen LogP contribution in [-0.2, 0) is 10.1 Å². The average molecular weight is 265 g/mol. The average Bonchev–Trinajstić information content (AvgIpc) is 2.24. The fraction of sp³-hybridized carbons (Fsp3) is 1.00. The second-order valence-electron chi connectivity index (χ2n) is 4.61. The Morgan fingerprint density at radius 1 is 0.706 bits per heavy atom. The van der Waals surface area contributed by atoms with E-state index in [4.69, 9.17) is 10.3 Å². The van der Waals surface area contributed by atoms with Gasteiger partial charge in [-0.05, 0) is 19.4 Å². The third kappa shape index (κ3) is 15.9. The van der Waals surface area contributed by atoms with E-state index in [9.17, 15) is 8.42 Å². The quantitative estimate of drug-likeness (QED) is 0.420. The largest absolute Gasteiger partial charge is 0.330 e. The van der Waals surface area contributed by atoms with Crippen LogP contribution in [-0.4, -0.2) is 25.3 Å². The van der Waals surface area contributed by atoms with Gasteiger partial charge in [0.05, 0.1) is 5.75 Å². The molecule has 0 fully saturated rings. The van der Waals surface area contributed by atoms with Gasteiger partial charge in [0.25, 0.3) is 10.1 Å². The number of hydrogen-bond donors (Lipinski definition) is 2. The molecule has 0 unspecified atom stereocenters. The highest BCUT2D eigenvalue weighted by atomic mass is 32.2. The minimum atomic E-state index is -3.74. The molecule has 5 heteroatoms. The lowest BCUT2D eigenvalue weighted by Crippen LogP contribution is -2.03. The van der Waals surface area contributed by atoms with Gasteiger partial charge in [0.15, 0.2) is 0 Å². The summed E-state index contributed by atoms with van der Waals surface area (Å²) in [7, 11) is -3.74. The molecule has 0 aromatic rings. The molecule has 0 atom stereocenters. The lowest BCUT2D eigenvalue weighted by molar-refractivity contribution is 0.478. The first-order valence-electron chi connectivity index (χ1n) is 6.71. The molecule has 0 saturated carbocycles. The molecule has 3 N–H and O–H groups in total. The standard InChI is InChI=1S/C12H27NO3S/c13-11-9-7-5-3-1-2-4-6-8-10-12-17(14,15)16/h1-13H2,(H,14,15,16). The molecule has 0 rings (SSSR count). The summed E-state index contributed by atoms with van der Waals surface area (Å²) in [6.07, 6.45) is 11.1. The van der Waals surface area contributed by atoms with Gasteiger partial charge in [-0.15, -0.1) is 0 Å². The van der Waals surface area contributed by atoms with Crippen molar-refractivity contribution in [3.63, 3.8) is 0 Å².